The van der Waals surface area contributed by atoms with E-state index in [1.54, 1.807) is 11.3 Å². The fraction of sp³-hybridized carbons (Fsp3) is 0.667. The van der Waals surface area contributed by atoms with Crippen molar-refractivity contribution in [2.45, 2.75) is 57.5 Å². The van der Waals surface area contributed by atoms with E-state index in [1.807, 2.05) is 6.92 Å². The molecule has 106 valence electrons. The van der Waals surface area contributed by atoms with Crippen molar-refractivity contribution in [3.05, 3.63) is 22.4 Å². The first kappa shape index (κ1) is 14.5. The molecule has 2 atom stereocenters. The highest BCUT2D eigenvalue weighted by Crippen LogP contribution is 2.37. The quantitative estimate of drug-likeness (QED) is 0.840. The van der Waals surface area contributed by atoms with Gasteiger partial charge in [0.05, 0.1) is 6.04 Å². The van der Waals surface area contributed by atoms with Crippen LogP contribution in [0.15, 0.2) is 17.5 Å². The predicted octanol–water partition coefficient (Wildman–Crippen LogP) is 3.22. The SMILES string of the molecule is CC(N)CCC(=O)NC(c1cccs1)C1CCCC1. The highest BCUT2D eigenvalue weighted by atomic mass is 32.1. The number of thiophene rings is 1. The van der Waals surface area contributed by atoms with Crippen LogP contribution in [0.3, 0.4) is 0 Å². The van der Waals surface area contributed by atoms with Gasteiger partial charge in [0.15, 0.2) is 0 Å². The summed E-state index contributed by atoms with van der Waals surface area (Å²) >= 11 is 1.74. The Morgan fingerprint density at radius 1 is 1.53 bits per heavy atom. The first-order valence-corrected chi connectivity index (χ1v) is 8.13. The molecule has 1 fully saturated rings. The fourth-order valence-electron chi connectivity index (χ4n) is 2.78. The molecular weight excluding hydrogens is 256 g/mol. The average molecular weight is 280 g/mol. The molecule has 2 unspecified atom stereocenters. The molecule has 3 N–H and O–H groups in total. The van der Waals surface area contributed by atoms with E-state index < -0.39 is 0 Å². The average Bonchev–Trinajstić information content (AvgIpc) is 3.05. The van der Waals surface area contributed by atoms with Gasteiger partial charge in [-0.1, -0.05) is 18.9 Å². The fourth-order valence-corrected chi connectivity index (χ4v) is 3.65. The van der Waals surface area contributed by atoms with Crippen molar-refractivity contribution in [1.82, 2.24) is 5.32 Å². The summed E-state index contributed by atoms with van der Waals surface area (Å²) < 4.78 is 0. The van der Waals surface area contributed by atoms with Crippen molar-refractivity contribution in [2.24, 2.45) is 11.7 Å². The van der Waals surface area contributed by atoms with Gasteiger partial charge in [-0.05, 0) is 43.6 Å². The van der Waals surface area contributed by atoms with Gasteiger partial charge in [-0.2, -0.15) is 0 Å². The Balaban J connectivity index is 1.96. The van der Waals surface area contributed by atoms with Crippen molar-refractivity contribution in [1.29, 1.82) is 0 Å². The summed E-state index contributed by atoms with van der Waals surface area (Å²) in [5.74, 6) is 0.750. The van der Waals surface area contributed by atoms with Crippen molar-refractivity contribution < 1.29 is 4.79 Å². The molecule has 0 radical (unpaired) electrons. The molecule has 0 aliphatic heterocycles. The Labute approximate surface area is 119 Å². The van der Waals surface area contributed by atoms with Gasteiger partial charge in [-0.15, -0.1) is 11.3 Å². The van der Waals surface area contributed by atoms with E-state index >= 15 is 0 Å². The largest absolute Gasteiger partial charge is 0.348 e. The molecular formula is C15H24N2OS. The number of carbonyl (C=O) groups excluding carboxylic acids is 1. The number of hydrogen-bond donors (Lipinski definition) is 2. The Kier molecular flexibility index (Phi) is 5.40. The molecule has 1 aliphatic carbocycles. The van der Waals surface area contributed by atoms with E-state index in [0.29, 0.717) is 12.3 Å². The minimum Gasteiger partial charge on any atom is -0.348 e. The lowest BCUT2D eigenvalue weighted by Gasteiger charge is -2.24. The van der Waals surface area contributed by atoms with Gasteiger partial charge in [0.25, 0.3) is 0 Å². The molecule has 4 heteroatoms. The molecule has 1 aromatic heterocycles. The molecule has 3 nitrogen and oxygen atoms in total. The maximum absolute atomic E-state index is 12.0. The highest BCUT2D eigenvalue weighted by Gasteiger charge is 2.28. The van der Waals surface area contributed by atoms with Crippen LogP contribution < -0.4 is 11.1 Å². The number of nitrogens with one attached hydrogen (secondary N) is 1. The van der Waals surface area contributed by atoms with E-state index in [0.717, 1.165) is 6.42 Å². The summed E-state index contributed by atoms with van der Waals surface area (Å²) in [4.78, 5) is 13.3. The summed E-state index contributed by atoms with van der Waals surface area (Å²) in [5.41, 5.74) is 5.71. The van der Waals surface area contributed by atoms with Gasteiger partial charge in [0.1, 0.15) is 0 Å². The standard InChI is InChI=1S/C15H24N2OS/c1-11(16)8-9-14(18)17-15(12-5-2-3-6-12)13-7-4-10-19-13/h4,7,10-12,15H,2-3,5-6,8-9,16H2,1H3,(H,17,18). The normalized spacial score (nSPS) is 19.3. The van der Waals surface area contributed by atoms with Gasteiger partial charge in [0.2, 0.25) is 5.91 Å². The lowest BCUT2D eigenvalue weighted by Crippen LogP contribution is -2.33. The lowest BCUT2D eigenvalue weighted by molar-refractivity contribution is -0.122. The summed E-state index contributed by atoms with van der Waals surface area (Å²) in [6, 6.07) is 4.51. The summed E-state index contributed by atoms with van der Waals surface area (Å²) in [7, 11) is 0. The van der Waals surface area contributed by atoms with Crippen molar-refractivity contribution in [3.63, 3.8) is 0 Å². The van der Waals surface area contributed by atoms with Gasteiger partial charge < -0.3 is 11.1 Å². The highest BCUT2D eigenvalue weighted by molar-refractivity contribution is 7.10. The molecule has 19 heavy (non-hydrogen) atoms. The molecule has 0 aromatic carbocycles. The van der Waals surface area contributed by atoms with Crippen LogP contribution in [0.2, 0.25) is 0 Å². The van der Waals surface area contributed by atoms with E-state index in [-0.39, 0.29) is 18.0 Å². The maximum Gasteiger partial charge on any atom is 0.220 e. The molecule has 1 amide bonds. The van der Waals surface area contributed by atoms with Gasteiger partial charge in [-0.25, -0.2) is 0 Å². The van der Waals surface area contributed by atoms with Crippen molar-refractivity contribution in [2.75, 3.05) is 0 Å². The smallest absolute Gasteiger partial charge is 0.220 e. The van der Waals surface area contributed by atoms with E-state index in [4.69, 9.17) is 5.73 Å². The number of amides is 1. The van der Waals surface area contributed by atoms with E-state index in [2.05, 4.69) is 22.8 Å². The molecule has 2 rings (SSSR count). The number of nitrogens with two attached hydrogens (primary N) is 1. The number of carbonyl (C=O) groups is 1. The van der Waals surface area contributed by atoms with Crippen molar-refractivity contribution in [3.8, 4) is 0 Å². The van der Waals surface area contributed by atoms with Crippen LogP contribution >= 0.6 is 11.3 Å². The van der Waals surface area contributed by atoms with Gasteiger partial charge >= 0.3 is 0 Å². The third kappa shape index (κ3) is 4.32. The second kappa shape index (κ2) is 7.06. The third-order valence-electron chi connectivity index (χ3n) is 3.86. The van der Waals surface area contributed by atoms with E-state index in [1.165, 1.54) is 30.6 Å². The van der Waals surface area contributed by atoms with Crippen LogP contribution in [0.4, 0.5) is 0 Å². The predicted molar refractivity (Wildman–Crippen MR) is 80.0 cm³/mol. The zero-order chi connectivity index (χ0) is 13.7. The first-order chi connectivity index (χ1) is 9.16. The second-order valence-electron chi connectivity index (χ2n) is 5.62. The molecule has 0 saturated heterocycles. The molecule has 0 spiro atoms. The first-order valence-electron chi connectivity index (χ1n) is 7.25. The molecule has 1 saturated carbocycles. The van der Waals surface area contributed by atoms with Crippen LogP contribution in [0.5, 0.6) is 0 Å². The Morgan fingerprint density at radius 2 is 2.26 bits per heavy atom. The Morgan fingerprint density at radius 3 is 2.84 bits per heavy atom. The van der Waals surface area contributed by atoms with Crippen LogP contribution in [-0.2, 0) is 4.79 Å². The molecule has 0 bridgehead atoms. The minimum atomic E-state index is 0.0948. The van der Waals surface area contributed by atoms with Gasteiger partial charge in [0, 0.05) is 17.3 Å². The molecule has 1 heterocycles. The summed E-state index contributed by atoms with van der Waals surface area (Å²) in [6.45, 7) is 1.95. The second-order valence-corrected chi connectivity index (χ2v) is 6.60. The van der Waals surface area contributed by atoms with Crippen LogP contribution in [0, 0.1) is 5.92 Å². The zero-order valence-corrected chi connectivity index (χ0v) is 12.4. The number of rotatable bonds is 6. The topological polar surface area (TPSA) is 55.1 Å². The lowest BCUT2D eigenvalue weighted by atomic mass is 9.96. The van der Waals surface area contributed by atoms with Crippen LogP contribution in [-0.4, -0.2) is 11.9 Å². The Hall–Kier alpha value is -0.870. The minimum absolute atomic E-state index is 0.0948. The van der Waals surface area contributed by atoms with Crippen molar-refractivity contribution >= 4 is 17.2 Å². The third-order valence-corrected chi connectivity index (χ3v) is 4.82. The van der Waals surface area contributed by atoms with Crippen LogP contribution in [0.25, 0.3) is 0 Å². The molecule has 1 aromatic rings. The maximum atomic E-state index is 12.0. The monoisotopic (exact) mass is 280 g/mol. The Bertz CT molecular complexity index is 383. The summed E-state index contributed by atoms with van der Waals surface area (Å²) in [6.07, 6.45) is 6.34. The summed E-state index contributed by atoms with van der Waals surface area (Å²) in [5, 5.41) is 5.32. The number of hydrogen-bond acceptors (Lipinski definition) is 3. The van der Waals surface area contributed by atoms with Gasteiger partial charge in [-0.3, -0.25) is 4.79 Å². The van der Waals surface area contributed by atoms with E-state index in [9.17, 15) is 4.79 Å². The van der Waals surface area contributed by atoms with Crippen LogP contribution in [0.1, 0.15) is 56.4 Å². The molecule has 1 aliphatic rings. The zero-order valence-electron chi connectivity index (χ0n) is 11.6.